The Morgan fingerprint density at radius 2 is 2.05 bits per heavy atom. The van der Waals surface area contributed by atoms with E-state index in [0.717, 1.165) is 18.7 Å². The maximum Gasteiger partial charge on any atom is 0.120 e. The Labute approximate surface area is 132 Å². The van der Waals surface area contributed by atoms with E-state index in [1.165, 1.54) is 16.0 Å². The minimum Gasteiger partial charge on any atom is -0.491 e. The summed E-state index contributed by atoms with van der Waals surface area (Å²) in [5.74, 6) is 0.943. The number of thiophene rings is 1. The standard InChI is InChI=1S/C18H25NOS/c1-5-10-19-18(17-9-11-21-14(17)4)15-7-6-8-16(12-15)20-13(2)3/h6-9,11-13,18-19H,5,10H2,1-4H3. The molecule has 0 amide bonds. The van der Waals surface area contributed by atoms with Crippen LogP contribution in [0.2, 0.25) is 0 Å². The molecule has 0 aliphatic rings. The Bertz CT molecular complexity index is 562. The average molecular weight is 303 g/mol. The molecule has 2 aromatic rings. The summed E-state index contributed by atoms with van der Waals surface area (Å²) >= 11 is 1.80. The summed E-state index contributed by atoms with van der Waals surface area (Å²) < 4.78 is 5.83. The topological polar surface area (TPSA) is 21.3 Å². The quantitative estimate of drug-likeness (QED) is 0.783. The van der Waals surface area contributed by atoms with Crippen molar-refractivity contribution in [3.63, 3.8) is 0 Å². The van der Waals surface area contributed by atoms with Gasteiger partial charge in [-0.3, -0.25) is 0 Å². The van der Waals surface area contributed by atoms with E-state index in [4.69, 9.17) is 4.74 Å². The minimum absolute atomic E-state index is 0.199. The van der Waals surface area contributed by atoms with Crippen molar-refractivity contribution in [2.24, 2.45) is 0 Å². The highest BCUT2D eigenvalue weighted by molar-refractivity contribution is 7.10. The summed E-state index contributed by atoms with van der Waals surface area (Å²) in [4.78, 5) is 1.37. The lowest BCUT2D eigenvalue weighted by Crippen LogP contribution is -2.23. The molecule has 0 saturated heterocycles. The second-order valence-corrected chi connectivity index (χ2v) is 6.68. The van der Waals surface area contributed by atoms with Crippen molar-refractivity contribution in [3.8, 4) is 5.75 Å². The fraction of sp³-hybridized carbons (Fsp3) is 0.444. The molecule has 0 bridgehead atoms. The zero-order chi connectivity index (χ0) is 15.2. The van der Waals surface area contributed by atoms with Crippen LogP contribution in [-0.4, -0.2) is 12.6 Å². The van der Waals surface area contributed by atoms with Gasteiger partial charge in [-0.1, -0.05) is 19.1 Å². The van der Waals surface area contributed by atoms with E-state index in [0.29, 0.717) is 0 Å². The van der Waals surface area contributed by atoms with Crippen LogP contribution in [0.3, 0.4) is 0 Å². The molecule has 2 nitrogen and oxygen atoms in total. The Morgan fingerprint density at radius 1 is 1.24 bits per heavy atom. The second kappa shape index (κ2) is 7.62. The van der Waals surface area contributed by atoms with Crippen LogP contribution < -0.4 is 10.1 Å². The van der Waals surface area contributed by atoms with E-state index >= 15 is 0 Å². The Hall–Kier alpha value is -1.32. The van der Waals surface area contributed by atoms with Gasteiger partial charge in [0.15, 0.2) is 0 Å². The summed E-state index contributed by atoms with van der Waals surface area (Å²) in [5, 5.41) is 5.83. The van der Waals surface area contributed by atoms with Gasteiger partial charge in [0.1, 0.15) is 5.75 Å². The summed E-state index contributed by atoms with van der Waals surface area (Å²) in [5.41, 5.74) is 2.64. The van der Waals surface area contributed by atoms with Gasteiger partial charge in [0, 0.05) is 4.88 Å². The van der Waals surface area contributed by atoms with Crippen molar-refractivity contribution < 1.29 is 4.74 Å². The minimum atomic E-state index is 0.199. The van der Waals surface area contributed by atoms with Crippen LogP contribution in [0.5, 0.6) is 5.75 Å². The number of nitrogens with one attached hydrogen (secondary N) is 1. The fourth-order valence-electron chi connectivity index (χ4n) is 2.43. The second-order valence-electron chi connectivity index (χ2n) is 5.56. The average Bonchev–Trinajstić information content (AvgIpc) is 2.85. The largest absolute Gasteiger partial charge is 0.491 e. The van der Waals surface area contributed by atoms with E-state index in [-0.39, 0.29) is 12.1 Å². The first-order valence-corrected chi connectivity index (χ1v) is 8.53. The van der Waals surface area contributed by atoms with Crippen molar-refractivity contribution in [1.82, 2.24) is 5.32 Å². The molecule has 0 radical (unpaired) electrons. The summed E-state index contributed by atoms with van der Waals surface area (Å²) in [7, 11) is 0. The number of ether oxygens (including phenoxy) is 1. The molecular weight excluding hydrogens is 278 g/mol. The predicted octanol–water partition coefficient (Wildman–Crippen LogP) is 4.93. The molecule has 0 spiro atoms. The molecule has 1 atom stereocenters. The van der Waals surface area contributed by atoms with E-state index in [9.17, 15) is 0 Å². The lowest BCUT2D eigenvalue weighted by Gasteiger charge is -2.20. The van der Waals surface area contributed by atoms with E-state index in [2.05, 4.69) is 62.7 Å². The van der Waals surface area contributed by atoms with Gasteiger partial charge >= 0.3 is 0 Å². The lowest BCUT2D eigenvalue weighted by atomic mass is 9.99. The normalized spacial score (nSPS) is 12.6. The van der Waals surface area contributed by atoms with Crippen LogP contribution >= 0.6 is 11.3 Å². The molecule has 0 saturated carbocycles. The molecule has 0 aliphatic heterocycles. The summed E-state index contributed by atoms with van der Waals surface area (Å²) in [6.45, 7) is 9.51. The van der Waals surface area contributed by atoms with E-state index in [1.807, 2.05) is 6.07 Å². The predicted molar refractivity (Wildman–Crippen MR) is 91.4 cm³/mol. The fourth-order valence-corrected chi connectivity index (χ4v) is 3.17. The molecule has 3 heteroatoms. The highest BCUT2D eigenvalue weighted by atomic mass is 32.1. The third-order valence-corrected chi connectivity index (χ3v) is 4.23. The molecule has 1 aromatic heterocycles. The van der Waals surface area contributed by atoms with Crippen LogP contribution in [-0.2, 0) is 0 Å². The Balaban J connectivity index is 2.30. The van der Waals surface area contributed by atoms with Crippen molar-refractivity contribution >= 4 is 11.3 Å². The van der Waals surface area contributed by atoms with Crippen molar-refractivity contribution in [2.75, 3.05) is 6.54 Å². The monoisotopic (exact) mass is 303 g/mol. The summed E-state index contributed by atoms with van der Waals surface area (Å²) in [6, 6.07) is 10.9. The Morgan fingerprint density at radius 3 is 2.67 bits per heavy atom. The third-order valence-electron chi connectivity index (χ3n) is 3.37. The highest BCUT2D eigenvalue weighted by Gasteiger charge is 2.17. The van der Waals surface area contributed by atoms with Crippen molar-refractivity contribution in [1.29, 1.82) is 0 Å². The first kappa shape index (κ1) is 16.1. The molecule has 114 valence electrons. The van der Waals surface area contributed by atoms with Crippen molar-refractivity contribution in [3.05, 3.63) is 51.7 Å². The van der Waals surface area contributed by atoms with Gasteiger partial charge in [0.25, 0.3) is 0 Å². The van der Waals surface area contributed by atoms with Crippen LogP contribution in [0.1, 0.15) is 49.2 Å². The number of rotatable bonds is 7. The first-order chi connectivity index (χ1) is 10.1. The molecule has 21 heavy (non-hydrogen) atoms. The van der Waals surface area contributed by atoms with Gasteiger partial charge in [0.2, 0.25) is 0 Å². The van der Waals surface area contributed by atoms with Gasteiger partial charge in [-0.2, -0.15) is 0 Å². The first-order valence-electron chi connectivity index (χ1n) is 7.65. The van der Waals surface area contributed by atoms with Crippen LogP contribution in [0, 0.1) is 6.92 Å². The zero-order valence-corrected chi connectivity index (χ0v) is 14.2. The van der Waals surface area contributed by atoms with Gasteiger partial charge in [0.05, 0.1) is 12.1 Å². The Kier molecular flexibility index (Phi) is 5.83. The van der Waals surface area contributed by atoms with Gasteiger partial charge in [-0.25, -0.2) is 0 Å². The SMILES string of the molecule is CCCNC(c1cccc(OC(C)C)c1)c1ccsc1C. The van der Waals surface area contributed by atoms with Gasteiger partial charge in [-0.05, 0) is 68.4 Å². The molecule has 0 fully saturated rings. The van der Waals surface area contributed by atoms with Gasteiger partial charge < -0.3 is 10.1 Å². The maximum absolute atomic E-state index is 5.83. The zero-order valence-electron chi connectivity index (χ0n) is 13.3. The lowest BCUT2D eigenvalue weighted by molar-refractivity contribution is 0.242. The maximum atomic E-state index is 5.83. The number of aryl methyl sites for hydroxylation is 1. The molecule has 1 heterocycles. The van der Waals surface area contributed by atoms with Crippen LogP contribution in [0.4, 0.5) is 0 Å². The van der Waals surface area contributed by atoms with Gasteiger partial charge in [-0.15, -0.1) is 11.3 Å². The number of benzene rings is 1. The molecule has 0 aliphatic carbocycles. The summed E-state index contributed by atoms with van der Waals surface area (Å²) in [6.07, 6.45) is 1.33. The van der Waals surface area contributed by atoms with Crippen LogP contribution in [0.15, 0.2) is 35.7 Å². The molecule has 1 N–H and O–H groups in total. The number of hydrogen-bond acceptors (Lipinski definition) is 3. The molecule has 1 unspecified atom stereocenters. The van der Waals surface area contributed by atoms with Crippen molar-refractivity contribution in [2.45, 2.75) is 46.3 Å². The van der Waals surface area contributed by atoms with E-state index in [1.54, 1.807) is 11.3 Å². The molecular formula is C18H25NOS. The molecule has 1 aromatic carbocycles. The van der Waals surface area contributed by atoms with E-state index < -0.39 is 0 Å². The molecule has 2 rings (SSSR count). The number of hydrogen-bond donors (Lipinski definition) is 1. The smallest absolute Gasteiger partial charge is 0.120 e. The highest BCUT2D eigenvalue weighted by Crippen LogP contribution is 2.30. The van der Waals surface area contributed by atoms with Crippen LogP contribution in [0.25, 0.3) is 0 Å². The third kappa shape index (κ3) is 4.32.